The van der Waals surface area contributed by atoms with Crippen LogP contribution in [0.1, 0.15) is 19.4 Å². The maximum atomic E-state index is 3.45. The van der Waals surface area contributed by atoms with E-state index in [1.807, 2.05) is 6.07 Å². The fourth-order valence-electron chi connectivity index (χ4n) is 1.14. The Balaban J connectivity index is 2.35. The van der Waals surface area contributed by atoms with Crippen LogP contribution in [0.2, 0.25) is 0 Å². The van der Waals surface area contributed by atoms with Crippen molar-refractivity contribution < 1.29 is 0 Å². The molecule has 0 radical (unpaired) electrons. The van der Waals surface area contributed by atoms with Gasteiger partial charge in [0.1, 0.15) is 0 Å². The third kappa shape index (κ3) is 4.58. The third-order valence-corrected chi connectivity index (χ3v) is 2.37. The maximum Gasteiger partial charge on any atom is 0.0208 e. The van der Waals surface area contributed by atoms with E-state index in [0.717, 1.165) is 17.6 Å². The van der Waals surface area contributed by atoms with Crippen molar-refractivity contribution in [1.82, 2.24) is 5.32 Å². The first-order valence-electron chi connectivity index (χ1n) is 4.77. The lowest BCUT2D eigenvalue weighted by Gasteiger charge is -2.02. The van der Waals surface area contributed by atoms with Crippen LogP contribution < -0.4 is 5.32 Å². The summed E-state index contributed by atoms with van der Waals surface area (Å²) in [6, 6.07) is 8.36. The number of benzene rings is 1. The first-order valence-corrected chi connectivity index (χ1v) is 5.56. The molecule has 0 atom stereocenters. The van der Waals surface area contributed by atoms with Gasteiger partial charge in [-0.25, -0.2) is 0 Å². The van der Waals surface area contributed by atoms with Gasteiger partial charge in [0.2, 0.25) is 0 Å². The van der Waals surface area contributed by atoms with Gasteiger partial charge in [0.15, 0.2) is 0 Å². The van der Waals surface area contributed by atoms with Gasteiger partial charge >= 0.3 is 0 Å². The van der Waals surface area contributed by atoms with E-state index in [1.165, 1.54) is 11.1 Å². The molecule has 1 aromatic carbocycles. The molecule has 2 heteroatoms. The smallest absolute Gasteiger partial charge is 0.0208 e. The lowest BCUT2D eigenvalue weighted by molar-refractivity contribution is 0.757. The molecule has 0 fully saturated rings. The van der Waals surface area contributed by atoms with Gasteiger partial charge in [-0.3, -0.25) is 0 Å². The van der Waals surface area contributed by atoms with Crippen molar-refractivity contribution >= 4 is 15.9 Å². The number of rotatable bonds is 4. The van der Waals surface area contributed by atoms with E-state index in [4.69, 9.17) is 0 Å². The molecule has 1 rings (SSSR count). The number of hydrogen-bond acceptors (Lipinski definition) is 1. The summed E-state index contributed by atoms with van der Waals surface area (Å²) in [6.07, 6.45) is 2.19. The minimum absolute atomic E-state index is 0.920. The van der Waals surface area contributed by atoms with Crippen LogP contribution in [0.3, 0.4) is 0 Å². The van der Waals surface area contributed by atoms with Crippen molar-refractivity contribution in [2.24, 2.45) is 0 Å². The molecule has 0 heterocycles. The Morgan fingerprint density at radius 3 is 2.86 bits per heavy atom. The van der Waals surface area contributed by atoms with E-state index in [2.05, 4.69) is 59.4 Å². The minimum Gasteiger partial charge on any atom is -0.309 e. The van der Waals surface area contributed by atoms with Gasteiger partial charge in [0.05, 0.1) is 0 Å². The predicted octanol–water partition coefficient (Wildman–Crippen LogP) is 3.50. The lowest BCUT2D eigenvalue weighted by atomic mass is 10.2. The summed E-state index contributed by atoms with van der Waals surface area (Å²) in [5.74, 6) is 0. The van der Waals surface area contributed by atoms with E-state index in [1.54, 1.807) is 0 Å². The molecule has 0 amide bonds. The summed E-state index contributed by atoms with van der Waals surface area (Å²) in [7, 11) is 0. The Morgan fingerprint density at radius 2 is 2.21 bits per heavy atom. The maximum absolute atomic E-state index is 3.45. The van der Waals surface area contributed by atoms with E-state index < -0.39 is 0 Å². The molecule has 0 saturated carbocycles. The molecule has 0 spiro atoms. The zero-order valence-electron chi connectivity index (χ0n) is 8.68. The molecule has 1 aromatic rings. The fourth-order valence-corrected chi connectivity index (χ4v) is 1.59. The van der Waals surface area contributed by atoms with Gasteiger partial charge in [-0.1, -0.05) is 39.7 Å². The molecule has 0 aliphatic rings. The largest absolute Gasteiger partial charge is 0.309 e. The van der Waals surface area contributed by atoms with E-state index >= 15 is 0 Å². The quantitative estimate of drug-likeness (QED) is 0.640. The molecular weight excluding hydrogens is 238 g/mol. The van der Waals surface area contributed by atoms with Crippen molar-refractivity contribution in [1.29, 1.82) is 0 Å². The van der Waals surface area contributed by atoms with Gasteiger partial charge in [0, 0.05) is 17.6 Å². The highest BCUT2D eigenvalue weighted by atomic mass is 79.9. The van der Waals surface area contributed by atoms with Gasteiger partial charge in [-0.15, -0.1) is 0 Å². The Hall–Kier alpha value is -0.600. The molecule has 0 unspecified atom stereocenters. The lowest BCUT2D eigenvalue weighted by Crippen LogP contribution is -2.12. The molecule has 0 aromatic heterocycles. The highest BCUT2D eigenvalue weighted by Crippen LogP contribution is 2.11. The van der Waals surface area contributed by atoms with Crippen LogP contribution in [-0.2, 0) is 6.54 Å². The van der Waals surface area contributed by atoms with Crippen LogP contribution in [0, 0.1) is 0 Å². The first kappa shape index (κ1) is 11.5. The van der Waals surface area contributed by atoms with Crippen LogP contribution >= 0.6 is 15.9 Å². The van der Waals surface area contributed by atoms with Crippen LogP contribution in [0.4, 0.5) is 0 Å². The zero-order valence-corrected chi connectivity index (χ0v) is 10.3. The van der Waals surface area contributed by atoms with Gasteiger partial charge in [-0.2, -0.15) is 0 Å². The molecule has 1 nitrogen and oxygen atoms in total. The van der Waals surface area contributed by atoms with Crippen LogP contribution in [0.15, 0.2) is 40.4 Å². The SMILES string of the molecule is CC(C)=CCNCc1cccc(Br)c1. The topological polar surface area (TPSA) is 12.0 Å². The minimum atomic E-state index is 0.920. The molecule has 0 aliphatic carbocycles. The Labute approximate surface area is 94.3 Å². The average molecular weight is 254 g/mol. The first-order chi connectivity index (χ1) is 6.68. The van der Waals surface area contributed by atoms with Crippen molar-refractivity contribution in [2.75, 3.05) is 6.54 Å². The molecule has 0 bridgehead atoms. The Kier molecular flexibility index (Phi) is 4.91. The normalized spacial score (nSPS) is 9.93. The van der Waals surface area contributed by atoms with Crippen molar-refractivity contribution in [3.05, 3.63) is 46.0 Å². The van der Waals surface area contributed by atoms with Crippen molar-refractivity contribution in [3.8, 4) is 0 Å². The van der Waals surface area contributed by atoms with Gasteiger partial charge in [0.25, 0.3) is 0 Å². The Morgan fingerprint density at radius 1 is 1.43 bits per heavy atom. The van der Waals surface area contributed by atoms with E-state index in [-0.39, 0.29) is 0 Å². The second-order valence-corrected chi connectivity index (χ2v) is 4.46. The number of halogens is 1. The number of nitrogens with one attached hydrogen (secondary N) is 1. The summed E-state index contributed by atoms with van der Waals surface area (Å²) in [5, 5.41) is 3.36. The summed E-state index contributed by atoms with van der Waals surface area (Å²) in [6.45, 7) is 6.08. The van der Waals surface area contributed by atoms with E-state index in [0.29, 0.717) is 0 Å². The zero-order chi connectivity index (χ0) is 10.4. The third-order valence-electron chi connectivity index (χ3n) is 1.87. The predicted molar refractivity (Wildman–Crippen MR) is 65.3 cm³/mol. The Bertz CT molecular complexity index is 314. The standard InChI is InChI=1S/C12H16BrN/c1-10(2)6-7-14-9-11-4-3-5-12(13)8-11/h3-6,8,14H,7,9H2,1-2H3. The van der Waals surface area contributed by atoms with Crippen molar-refractivity contribution in [2.45, 2.75) is 20.4 Å². The summed E-state index contributed by atoms with van der Waals surface area (Å²) < 4.78 is 1.14. The van der Waals surface area contributed by atoms with Crippen molar-refractivity contribution in [3.63, 3.8) is 0 Å². The second-order valence-electron chi connectivity index (χ2n) is 3.54. The molecule has 0 saturated heterocycles. The van der Waals surface area contributed by atoms with Gasteiger partial charge in [-0.05, 0) is 31.5 Å². The molecular formula is C12H16BrN. The molecule has 14 heavy (non-hydrogen) atoms. The highest BCUT2D eigenvalue weighted by molar-refractivity contribution is 9.10. The number of hydrogen-bond donors (Lipinski definition) is 1. The highest BCUT2D eigenvalue weighted by Gasteiger charge is 1.91. The molecule has 1 N–H and O–H groups in total. The monoisotopic (exact) mass is 253 g/mol. The number of allylic oxidation sites excluding steroid dienone is 1. The molecule has 0 aliphatic heterocycles. The van der Waals surface area contributed by atoms with E-state index in [9.17, 15) is 0 Å². The summed E-state index contributed by atoms with van der Waals surface area (Å²) in [4.78, 5) is 0. The van der Waals surface area contributed by atoms with Crippen LogP contribution in [0.5, 0.6) is 0 Å². The summed E-state index contributed by atoms with van der Waals surface area (Å²) >= 11 is 3.45. The summed E-state index contributed by atoms with van der Waals surface area (Å²) in [5.41, 5.74) is 2.66. The van der Waals surface area contributed by atoms with Crippen LogP contribution in [0.25, 0.3) is 0 Å². The van der Waals surface area contributed by atoms with Gasteiger partial charge < -0.3 is 5.32 Å². The fraction of sp³-hybridized carbons (Fsp3) is 0.333. The molecule has 76 valence electrons. The average Bonchev–Trinajstić information content (AvgIpc) is 2.12. The van der Waals surface area contributed by atoms with Crippen LogP contribution in [-0.4, -0.2) is 6.54 Å². The second kappa shape index (κ2) is 5.99.